The number of halogens is 3. The first kappa shape index (κ1) is 19.4. The summed E-state index contributed by atoms with van der Waals surface area (Å²) in [4.78, 5) is 33.5. The van der Waals surface area contributed by atoms with Gasteiger partial charge in [-0.1, -0.05) is 0 Å². The van der Waals surface area contributed by atoms with E-state index in [9.17, 15) is 32.9 Å². The lowest BCUT2D eigenvalue weighted by atomic mass is 10.1. The third-order valence-corrected chi connectivity index (χ3v) is 4.17. The highest BCUT2D eigenvalue weighted by Gasteiger charge is 2.35. The largest absolute Gasteiger partial charge is 0.451 e. The van der Waals surface area contributed by atoms with Crippen LogP contribution >= 0.6 is 11.3 Å². The lowest BCUT2D eigenvalue weighted by Gasteiger charge is -2.13. The van der Waals surface area contributed by atoms with Gasteiger partial charge in [-0.05, 0) is 30.0 Å². The summed E-state index contributed by atoms with van der Waals surface area (Å²) < 4.78 is 43.8. The van der Waals surface area contributed by atoms with Gasteiger partial charge in [-0.3, -0.25) is 14.9 Å². The first-order chi connectivity index (χ1) is 12.1. The lowest BCUT2D eigenvalue weighted by Crippen LogP contribution is -2.22. The van der Waals surface area contributed by atoms with Crippen LogP contribution in [0.3, 0.4) is 0 Å². The van der Waals surface area contributed by atoms with E-state index in [1.54, 1.807) is 18.4 Å². The van der Waals surface area contributed by atoms with Crippen LogP contribution in [0.15, 0.2) is 29.6 Å². The van der Waals surface area contributed by atoms with E-state index in [4.69, 9.17) is 4.74 Å². The average Bonchev–Trinajstić information content (AvgIpc) is 2.98. The molecule has 0 saturated carbocycles. The number of esters is 1. The smallest absolute Gasteiger partial charge is 0.418 e. The molecule has 0 aliphatic carbocycles. The van der Waals surface area contributed by atoms with E-state index in [1.165, 1.54) is 0 Å². The van der Waals surface area contributed by atoms with Gasteiger partial charge in [0.2, 0.25) is 0 Å². The topological polar surface area (TPSA) is 98.5 Å². The van der Waals surface area contributed by atoms with Crippen molar-refractivity contribution in [3.05, 3.63) is 55.8 Å². The van der Waals surface area contributed by atoms with E-state index in [2.05, 4.69) is 0 Å². The van der Waals surface area contributed by atoms with Crippen LogP contribution in [-0.4, -0.2) is 23.4 Å². The Hall–Kier alpha value is -2.95. The van der Waals surface area contributed by atoms with Crippen LogP contribution in [0.4, 0.5) is 24.5 Å². The second kappa shape index (κ2) is 7.52. The maximum absolute atomic E-state index is 13.0. The molecule has 26 heavy (non-hydrogen) atoms. The number of hydrogen-bond donors (Lipinski definition) is 1. The molecule has 0 radical (unpaired) electrons. The highest BCUT2D eigenvalue weighted by Crippen LogP contribution is 2.37. The zero-order valence-corrected chi connectivity index (χ0v) is 13.9. The Morgan fingerprint density at radius 3 is 2.54 bits per heavy atom. The standard InChI is InChI=1S/C15H11F3N2O5S/c1-8-4-5-26-13(8)14(22)25-7-12(21)19-11-3-2-9(20(23)24)6-10(11)15(16,17)18/h2-6H,7H2,1H3,(H,19,21). The van der Waals surface area contributed by atoms with Gasteiger partial charge < -0.3 is 10.1 Å². The summed E-state index contributed by atoms with van der Waals surface area (Å²) in [6.07, 6.45) is -4.92. The number of benzene rings is 1. The molecule has 0 unspecified atom stereocenters. The van der Waals surface area contributed by atoms with Gasteiger partial charge in [0.1, 0.15) is 4.88 Å². The molecule has 0 atom stereocenters. The number of nitrogens with zero attached hydrogens (tertiary/aromatic N) is 1. The van der Waals surface area contributed by atoms with Crippen LogP contribution in [0.2, 0.25) is 0 Å². The molecule has 1 amide bonds. The minimum atomic E-state index is -4.92. The van der Waals surface area contributed by atoms with Gasteiger partial charge in [0.05, 0.1) is 16.2 Å². The minimum Gasteiger partial charge on any atom is -0.451 e. The molecule has 138 valence electrons. The summed E-state index contributed by atoms with van der Waals surface area (Å²) >= 11 is 1.10. The van der Waals surface area contributed by atoms with Gasteiger partial charge >= 0.3 is 12.1 Å². The number of hydrogen-bond acceptors (Lipinski definition) is 6. The van der Waals surface area contributed by atoms with Gasteiger partial charge in [-0.2, -0.15) is 13.2 Å². The summed E-state index contributed by atoms with van der Waals surface area (Å²) in [5, 5.41) is 14.2. The van der Waals surface area contributed by atoms with Gasteiger partial charge in [0.15, 0.2) is 6.61 Å². The number of alkyl halides is 3. The zero-order valence-electron chi connectivity index (χ0n) is 13.1. The maximum Gasteiger partial charge on any atom is 0.418 e. The molecule has 0 spiro atoms. The second-order valence-corrected chi connectivity index (χ2v) is 5.96. The van der Waals surface area contributed by atoms with Crippen LogP contribution in [0.25, 0.3) is 0 Å². The molecule has 1 aromatic heterocycles. The third kappa shape index (κ3) is 4.57. The Morgan fingerprint density at radius 1 is 1.31 bits per heavy atom. The van der Waals surface area contributed by atoms with Gasteiger partial charge in [-0.25, -0.2) is 4.79 Å². The molecule has 0 aliphatic heterocycles. The number of aryl methyl sites for hydroxylation is 1. The molecule has 7 nitrogen and oxygen atoms in total. The number of non-ortho nitro benzene ring substituents is 1. The number of ether oxygens (including phenoxy) is 1. The van der Waals surface area contributed by atoms with Gasteiger partial charge in [0, 0.05) is 12.1 Å². The molecule has 0 aliphatic rings. The van der Waals surface area contributed by atoms with Crippen molar-refractivity contribution in [2.75, 3.05) is 11.9 Å². The summed E-state index contributed by atoms with van der Waals surface area (Å²) in [6.45, 7) is 0.865. The van der Waals surface area contributed by atoms with E-state index in [0.717, 1.165) is 23.5 Å². The number of rotatable bonds is 5. The number of nitro benzene ring substituents is 1. The molecule has 2 aromatic rings. The van der Waals surface area contributed by atoms with E-state index in [1.807, 2.05) is 5.32 Å². The number of carbonyl (C=O) groups is 2. The molecular weight excluding hydrogens is 377 g/mol. The Kier molecular flexibility index (Phi) is 5.60. The van der Waals surface area contributed by atoms with Crippen molar-refractivity contribution in [3.8, 4) is 0 Å². The fraction of sp³-hybridized carbons (Fsp3) is 0.200. The first-order valence-electron chi connectivity index (χ1n) is 6.96. The van der Waals surface area contributed by atoms with Crippen LogP contribution in [0, 0.1) is 17.0 Å². The maximum atomic E-state index is 13.0. The number of anilines is 1. The molecule has 1 N–H and O–H groups in total. The van der Waals surface area contributed by atoms with Gasteiger partial charge in [0.25, 0.3) is 11.6 Å². The summed E-state index contributed by atoms with van der Waals surface area (Å²) in [7, 11) is 0. The average molecular weight is 388 g/mol. The Balaban J connectivity index is 2.10. The van der Waals surface area contributed by atoms with Crippen LogP contribution in [0.5, 0.6) is 0 Å². The Bertz CT molecular complexity index is 863. The highest BCUT2D eigenvalue weighted by molar-refractivity contribution is 7.12. The zero-order chi connectivity index (χ0) is 19.5. The predicted molar refractivity (Wildman–Crippen MR) is 86.1 cm³/mol. The second-order valence-electron chi connectivity index (χ2n) is 5.04. The van der Waals surface area contributed by atoms with Crippen molar-refractivity contribution in [2.24, 2.45) is 0 Å². The molecule has 1 heterocycles. The SMILES string of the molecule is Cc1ccsc1C(=O)OCC(=O)Nc1ccc([N+](=O)[O-])cc1C(F)(F)F. The van der Waals surface area contributed by atoms with E-state index < -0.39 is 46.5 Å². The highest BCUT2D eigenvalue weighted by atomic mass is 32.1. The quantitative estimate of drug-likeness (QED) is 0.477. The van der Waals surface area contributed by atoms with Crippen molar-refractivity contribution in [3.63, 3.8) is 0 Å². The van der Waals surface area contributed by atoms with Crippen LogP contribution in [-0.2, 0) is 15.7 Å². The minimum absolute atomic E-state index is 0.282. The van der Waals surface area contributed by atoms with E-state index in [-0.39, 0.29) is 4.88 Å². The van der Waals surface area contributed by atoms with Crippen LogP contribution < -0.4 is 5.32 Å². The molecular formula is C15H11F3N2O5S. The van der Waals surface area contributed by atoms with E-state index in [0.29, 0.717) is 11.6 Å². The number of amides is 1. The Labute approximate surface area is 148 Å². The Morgan fingerprint density at radius 2 is 2.00 bits per heavy atom. The van der Waals surface area contributed by atoms with Crippen molar-refractivity contribution < 1.29 is 32.4 Å². The molecule has 1 aromatic carbocycles. The normalized spacial score (nSPS) is 11.1. The number of nitrogens with one attached hydrogen (secondary N) is 1. The predicted octanol–water partition coefficient (Wildman–Crippen LogP) is 3.78. The summed E-state index contributed by atoms with van der Waals surface area (Å²) in [6, 6.07) is 3.58. The van der Waals surface area contributed by atoms with Crippen molar-refractivity contribution in [1.82, 2.24) is 0 Å². The molecule has 0 fully saturated rings. The number of nitro groups is 1. The summed E-state index contributed by atoms with van der Waals surface area (Å²) in [5.74, 6) is -1.78. The summed E-state index contributed by atoms with van der Waals surface area (Å²) in [5.41, 5.74) is -2.16. The molecule has 0 saturated heterocycles. The molecule has 0 bridgehead atoms. The number of carbonyl (C=O) groups excluding carboxylic acids is 2. The lowest BCUT2D eigenvalue weighted by molar-refractivity contribution is -0.385. The van der Waals surface area contributed by atoms with Crippen molar-refractivity contribution in [2.45, 2.75) is 13.1 Å². The fourth-order valence-corrected chi connectivity index (χ4v) is 2.77. The van der Waals surface area contributed by atoms with Gasteiger partial charge in [-0.15, -0.1) is 11.3 Å². The molecule has 2 rings (SSSR count). The van der Waals surface area contributed by atoms with E-state index >= 15 is 0 Å². The fourth-order valence-electron chi connectivity index (χ4n) is 1.95. The third-order valence-electron chi connectivity index (χ3n) is 3.18. The van der Waals surface area contributed by atoms with Crippen molar-refractivity contribution >= 4 is 34.6 Å². The van der Waals surface area contributed by atoms with Crippen molar-refractivity contribution in [1.29, 1.82) is 0 Å². The monoisotopic (exact) mass is 388 g/mol. The molecule has 11 heteroatoms. The first-order valence-corrected chi connectivity index (χ1v) is 7.84. The van der Waals surface area contributed by atoms with Crippen LogP contribution in [0.1, 0.15) is 20.8 Å². The number of thiophene rings is 1.